The van der Waals surface area contributed by atoms with Crippen molar-refractivity contribution in [3.8, 4) is 0 Å². The van der Waals surface area contributed by atoms with Crippen LogP contribution in [0.4, 0.5) is 0 Å². The molecule has 0 unspecified atom stereocenters. The van der Waals surface area contributed by atoms with Gasteiger partial charge in [0, 0.05) is 0 Å². The van der Waals surface area contributed by atoms with Crippen LogP contribution in [-0.4, -0.2) is 0 Å². The minimum atomic E-state index is -1.86. The monoisotopic (exact) mass is 414 g/mol. The van der Waals surface area contributed by atoms with E-state index in [0.29, 0.717) is 0 Å². The van der Waals surface area contributed by atoms with Gasteiger partial charge in [-0.25, -0.2) is 0 Å². The molecular formula is C22H25ClZr. The topological polar surface area (TPSA) is 0 Å². The van der Waals surface area contributed by atoms with Gasteiger partial charge in [-0.05, 0) is 0 Å². The van der Waals surface area contributed by atoms with Gasteiger partial charge in [0.2, 0.25) is 0 Å². The maximum atomic E-state index is 2.67. The summed E-state index contributed by atoms with van der Waals surface area (Å²) in [5, 5.41) is 0. The SMILES string of the molecule is C/C(=[CH]\[Zr+]([C]1=CC=CC1)[C]1=CC=CC1)c1c(C)cc(C)cc1C.[Cl-]. The molecule has 0 saturated carbocycles. The first-order valence-electron chi connectivity index (χ1n) is 8.42. The van der Waals surface area contributed by atoms with E-state index in [1.165, 1.54) is 40.7 Å². The number of allylic oxidation sites excluding steroid dienone is 9. The van der Waals surface area contributed by atoms with E-state index in [4.69, 9.17) is 0 Å². The van der Waals surface area contributed by atoms with E-state index >= 15 is 0 Å². The van der Waals surface area contributed by atoms with Crippen LogP contribution in [0.1, 0.15) is 42.0 Å². The molecular weight excluding hydrogens is 391 g/mol. The molecule has 0 aromatic heterocycles. The van der Waals surface area contributed by atoms with E-state index in [9.17, 15) is 0 Å². The summed E-state index contributed by atoms with van der Waals surface area (Å²) in [5.41, 5.74) is 7.13. The van der Waals surface area contributed by atoms with Crippen molar-refractivity contribution in [2.24, 2.45) is 0 Å². The zero-order chi connectivity index (χ0) is 16.4. The molecule has 2 aliphatic carbocycles. The summed E-state index contributed by atoms with van der Waals surface area (Å²) in [5.74, 6) is 0. The number of halogens is 1. The molecule has 2 aliphatic rings. The molecule has 0 spiro atoms. The van der Waals surface area contributed by atoms with Crippen LogP contribution in [0.5, 0.6) is 0 Å². The van der Waals surface area contributed by atoms with Gasteiger partial charge in [0.25, 0.3) is 0 Å². The van der Waals surface area contributed by atoms with Gasteiger partial charge < -0.3 is 12.4 Å². The molecule has 1 aromatic rings. The number of benzene rings is 1. The van der Waals surface area contributed by atoms with Crippen LogP contribution in [0.15, 0.2) is 58.9 Å². The van der Waals surface area contributed by atoms with Crippen LogP contribution in [0.2, 0.25) is 0 Å². The van der Waals surface area contributed by atoms with E-state index in [2.05, 4.69) is 80.1 Å². The van der Waals surface area contributed by atoms with Crippen molar-refractivity contribution in [1.82, 2.24) is 0 Å². The Balaban J connectivity index is 0.00000208. The molecule has 0 nitrogen and oxygen atoms in total. The van der Waals surface area contributed by atoms with Crippen molar-refractivity contribution in [3.63, 3.8) is 0 Å². The molecule has 124 valence electrons. The minimum absolute atomic E-state index is 0. The van der Waals surface area contributed by atoms with Gasteiger partial charge >= 0.3 is 149 Å². The maximum Gasteiger partial charge on any atom is -1.00 e. The smallest absolute Gasteiger partial charge is 1.00 e. The molecule has 24 heavy (non-hydrogen) atoms. The Kier molecular flexibility index (Phi) is 6.84. The fourth-order valence-corrected chi connectivity index (χ4v) is 10.1. The zero-order valence-corrected chi connectivity index (χ0v) is 18.2. The van der Waals surface area contributed by atoms with Gasteiger partial charge in [-0.2, -0.15) is 0 Å². The second kappa shape index (κ2) is 8.46. The molecule has 0 aliphatic heterocycles. The van der Waals surface area contributed by atoms with Crippen molar-refractivity contribution in [1.29, 1.82) is 0 Å². The number of rotatable bonds is 4. The summed E-state index contributed by atoms with van der Waals surface area (Å²) >= 11 is -1.86. The Morgan fingerprint density at radius 3 is 1.83 bits per heavy atom. The summed E-state index contributed by atoms with van der Waals surface area (Å²) in [6.07, 6.45) is 16.2. The van der Waals surface area contributed by atoms with Crippen LogP contribution in [0, 0.1) is 20.8 Å². The van der Waals surface area contributed by atoms with Crippen LogP contribution in [0.25, 0.3) is 5.57 Å². The van der Waals surface area contributed by atoms with Crippen molar-refractivity contribution >= 4 is 5.57 Å². The minimum Gasteiger partial charge on any atom is -1.00 e. The average Bonchev–Trinajstić information content (AvgIpc) is 3.17. The molecule has 0 saturated heterocycles. The molecule has 0 heterocycles. The quantitative estimate of drug-likeness (QED) is 0.707. The first-order chi connectivity index (χ1) is 11.1. The van der Waals surface area contributed by atoms with Gasteiger partial charge in [0.15, 0.2) is 0 Å². The van der Waals surface area contributed by atoms with Crippen molar-refractivity contribution in [3.05, 3.63) is 81.2 Å². The van der Waals surface area contributed by atoms with E-state index in [0.717, 1.165) is 0 Å². The number of aryl methyl sites for hydroxylation is 3. The fourth-order valence-electron chi connectivity index (χ4n) is 3.78. The first kappa shape index (κ1) is 19.4. The molecule has 0 fully saturated rings. The standard InChI is InChI=1S/C12H15.2C5H5.ClH.Zr/c1-8(2)12-10(4)6-9(3)7-11(12)5;2*1-2-4-5-3-1;;/h1,6-7H,2-5H3;2*1-3H,4H2;1H;/q;;;;+1/p-1. The third-order valence-corrected chi connectivity index (χ3v) is 11.7. The third kappa shape index (κ3) is 4.19. The Morgan fingerprint density at radius 2 is 1.42 bits per heavy atom. The van der Waals surface area contributed by atoms with Crippen LogP contribution in [0.3, 0.4) is 0 Å². The van der Waals surface area contributed by atoms with Crippen LogP contribution in [-0.2, 0) is 21.8 Å². The van der Waals surface area contributed by atoms with Gasteiger partial charge in [0.05, 0.1) is 0 Å². The van der Waals surface area contributed by atoms with E-state index in [1.54, 1.807) is 6.56 Å². The Bertz CT molecular complexity index is 722. The molecule has 0 bridgehead atoms. The van der Waals surface area contributed by atoms with E-state index in [1.807, 2.05) is 0 Å². The predicted octanol–water partition coefficient (Wildman–Crippen LogP) is 3.28. The molecule has 0 amide bonds. The molecule has 3 rings (SSSR count). The summed E-state index contributed by atoms with van der Waals surface area (Å²) < 4.78 is 6.10. The van der Waals surface area contributed by atoms with Crippen molar-refractivity contribution in [2.45, 2.75) is 40.5 Å². The second-order valence-electron chi connectivity index (χ2n) is 6.66. The summed E-state index contributed by atoms with van der Waals surface area (Å²) in [7, 11) is 0. The van der Waals surface area contributed by atoms with Gasteiger partial charge in [-0.1, -0.05) is 0 Å². The summed E-state index contributed by atoms with van der Waals surface area (Å²) in [6, 6.07) is 4.63. The number of hydrogen-bond donors (Lipinski definition) is 0. The second-order valence-corrected chi connectivity index (χ2v) is 12.6. The summed E-state index contributed by atoms with van der Waals surface area (Å²) in [4.78, 5) is 0. The Labute approximate surface area is 160 Å². The molecule has 0 N–H and O–H groups in total. The zero-order valence-electron chi connectivity index (χ0n) is 15.0. The molecule has 0 radical (unpaired) electrons. The van der Waals surface area contributed by atoms with Gasteiger partial charge in [-0.15, -0.1) is 0 Å². The molecule has 0 atom stereocenters. The van der Waals surface area contributed by atoms with Crippen LogP contribution >= 0.6 is 0 Å². The largest absolute Gasteiger partial charge is 1.00 e. The van der Waals surface area contributed by atoms with Crippen molar-refractivity contribution < 1.29 is 34.2 Å². The predicted molar refractivity (Wildman–Crippen MR) is 98.0 cm³/mol. The van der Waals surface area contributed by atoms with E-state index < -0.39 is 21.8 Å². The Morgan fingerprint density at radius 1 is 0.917 bits per heavy atom. The molecule has 2 heteroatoms. The van der Waals surface area contributed by atoms with Gasteiger partial charge in [-0.3, -0.25) is 0 Å². The fraction of sp³-hybridized carbons (Fsp3) is 0.273. The average molecular weight is 416 g/mol. The normalized spacial score (nSPS) is 16.1. The third-order valence-electron chi connectivity index (χ3n) is 4.67. The van der Waals surface area contributed by atoms with Crippen molar-refractivity contribution in [2.75, 3.05) is 0 Å². The van der Waals surface area contributed by atoms with Gasteiger partial charge in [0.1, 0.15) is 0 Å². The number of hydrogen-bond acceptors (Lipinski definition) is 0. The Hall–Kier alpha value is -0.907. The van der Waals surface area contributed by atoms with Crippen LogP contribution < -0.4 is 12.4 Å². The van der Waals surface area contributed by atoms with E-state index in [-0.39, 0.29) is 12.4 Å². The molecule has 1 aromatic carbocycles. The first-order valence-corrected chi connectivity index (χ1v) is 12.3. The summed E-state index contributed by atoms with van der Waals surface area (Å²) in [6.45, 7) is 9.01. The maximum absolute atomic E-state index is 2.67.